The molecule has 5 rings (SSSR count). The van der Waals surface area contributed by atoms with Gasteiger partial charge in [0.2, 0.25) is 5.91 Å². The van der Waals surface area contributed by atoms with Crippen molar-refractivity contribution in [3.05, 3.63) is 69.2 Å². The third-order valence-corrected chi connectivity index (χ3v) is 7.62. The Morgan fingerprint density at radius 3 is 2.62 bits per heavy atom. The van der Waals surface area contributed by atoms with E-state index in [4.69, 9.17) is 0 Å². The first-order chi connectivity index (χ1) is 15.5. The first-order valence-corrected chi connectivity index (χ1v) is 12.0. The number of thiophene rings is 2. The number of aromatic nitrogens is 2. The Morgan fingerprint density at radius 2 is 1.91 bits per heavy atom. The summed E-state index contributed by atoms with van der Waals surface area (Å²) in [5.41, 5.74) is 1.23. The number of nitrogens with zero attached hydrogens (tertiary/aromatic N) is 4. The van der Waals surface area contributed by atoms with Crippen LogP contribution >= 0.6 is 22.7 Å². The highest BCUT2D eigenvalue weighted by Gasteiger charge is 2.24. The minimum atomic E-state index is -0.259. The molecule has 0 N–H and O–H groups in total. The molecule has 9 heteroatoms. The molecule has 1 amide bonds. The van der Waals surface area contributed by atoms with Gasteiger partial charge in [0.15, 0.2) is 0 Å². The fourth-order valence-electron chi connectivity index (χ4n) is 3.99. The molecule has 6 nitrogen and oxygen atoms in total. The monoisotopic (exact) mass is 468 g/mol. The summed E-state index contributed by atoms with van der Waals surface area (Å²) in [6, 6.07) is 10.7. The Hall–Kier alpha value is -3.04. The molecule has 1 aliphatic heterocycles. The average molecular weight is 469 g/mol. The second kappa shape index (κ2) is 8.48. The minimum absolute atomic E-state index is 0.0553. The molecule has 0 atom stereocenters. The quantitative estimate of drug-likeness (QED) is 0.455. The van der Waals surface area contributed by atoms with Crippen LogP contribution < -0.4 is 10.5 Å². The van der Waals surface area contributed by atoms with E-state index in [0.717, 1.165) is 10.4 Å². The van der Waals surface area contributed by atoms with Crippen LogP contribution in [0, 0.1) is 12.7 Å². The summed E-state index contributed by atoms with van der Waals surface area (Å²) >= 11 is 3.07. The van der Waals surface area contributed by atoms with Crippen LogP contribution in [0.1, 0.15) is 4.88 Å². The van der Waals surface area contributed by atoms with Gasteiger partial charge in [0.1, 0.15) is 17.2 Å². The van der Waals surface area contributed by atoms with Crippen LogP contribution in [0.3, 0.4) is 0 Å². The van der Waals surface area contributed by atoms with E-state index in [1.54, 1.807) is 28.4 Å². The number of halogens is 1. The van der Waals surface area contributed by atoms with E-state index in [1.165, 1.54) is 33.2 Å². The first kappa shape index (κ1) is 20.8. The molecule has 0 radical (unpaired) electrons. The molecule has 1 saturated heterocycles. The standard InChI is InChI=1S/C23H21FN4O2S2/c1-15-6-7-19(32-15)16-13-31-22-21(16)23(30)28(14-25-22)12-20(29)27-10-8-26(9-11-27)18-5-3-2-4-17(18)24/h2-7,13-14H,8-12H2,1H3. The summed E-state index contributed by atoms with van der Waals surface area (Å²) in [5.74, 6) is -0.393. The zero-order valence-electron chi connectivity index (χ0n) is 17.5. The second-order valence-corrected chi connectivity index (χ2v) is 9.88. The van der Waals surface area contributed by atoms with Gasteiger partial charge in [0.05, 0.1) is 17.4 Å². The molecule has 0 bridgehead atoms. The van der Waals surface area contributed by atoms with Gasteiger partial charge in [-0.25, -0.2) is 9.37 Å². The molecule has 1 aliphatic rings. The van der Waals surface area contributed by atoms with Crippen molar-refractivity contribution in [1.29, 1.82) is 0 Å². The molecule has 0 unspecified atom stereocenters. The Labute approximate surface area is 192 Å². The summed E-state index contributed by atoms with van der Waals surface area (Å²) < 4.78 is 15.4. The van der Waals surface area contributed by atoms with Gasteiger partial charge in [-0.05, 0) is 31.2 Å². The maximum atomic E-state index is 14.1. The average Bonchev–Trinajstić information content (AvgIpc) is 3.42. The molecule has 4 aromatic rings. The first-order valence-electron chi connectivity index (χ1n) is 10.3. The Bertz CT molecular complexity index is 1350. The molecule has 1 fully saturated rings. The van der Waals surface area contributed by atoms with Crippen LogP contribution in [0.2, 0.25) is 0 Å². The van der Waals surface area contributed by atoms with Crippen LogP contribution in [-0.2, 0) is 11.3 Å². The second-order valence-electron chi connectivity index (χ2n) is 7.74. The molecular formula is C23H21FN4O2S2. The van der Waals surface area contributed by atoms with Gasteiger partial charge in [-0.2, -0.15) is 0 Å². The van der Waals surface area contributed by atoms with Gasteiger partial charge >= 0.3 is 0 Å². The van der Waals surface area contributed by atoms with Crippen molar-refractivity contribution >= 4 is 44.5 Å². The van der Waals surface area contributed by atoms with Crippen molar-refractivity contribution in [3.8, 4) is 10.4 Å². The molecular weight excluding hydrogens is 447 g/mol. The van der Waals surface area contributed by atoms with E-state index in [9.17, 15) is 14.0 Å². The molecule has 0 aliphatic carbocycles. The van der Waals surface area contributed by atoms with Crippen molar-refractivity contribution in [3.63, 3.8) is 0 Å². The molecule has 0 spiro atoms. The molecule has 32 heavy (non-hydrogen) atoms. The number of carbonyl (C=O) groups is 1. The van der Waals surface area contributed by atoms with Gasteiger partial charge in [-0.1, -0.05) is 12.1 Å². The predicted octanol–water partition coefficient (Wildman–Crippen LogP) is 3.98. The lowest BCUT2D eigenvalue weighted by atomic mass is 10.2. The van der Waals surface area contributed by atoms with Crippen LogP contribution in [0.4, 0.5) is 10.1 Å². The highest BCUT2D eigenvalue weighted by Crippen LogP contribution is 2.34. The SMILES string of the molecule is Cc1ccc(-c2csc3ncn(CC(=O)N4CCN(c5ccccc5F)CC4)c(=O)c23)s1. The highest BCUT2D eigenvalue weighted by atomic mass is 32.1. The van der Waals surface area contributed by atoms with Crippen LogP contribution in [0.25, 0.3) is 20.7 Å². The van der Waals surface area contributed by atoms with Gasteiger partial charge in [-0.15, -0.1) is 22.7 Å². The van der Waals surface area contributed by atoms with Gasteiger partial charge in [-0.3, -0.25) is 14.2 Å². The van der Waals surface area contributed by atoms with E-state index in [2.05, 4.69) is 4.98 Å². The summed E-state index contributed by atoms with van der Waals surface area (Å²) in [7, 11) is 0. The van der Waals surface area contributed by atoms with Gasteiger partial charge in [0, 0.05) is 46.9 Å². The van der Waals surface area contributed by atoms with Crippen LogP contribution in [-0.4, -0.2) is 46.5 Å². The number of para-hydroxylation sites is 1. The molecule has 1 aromatic carbocycles. The largest absolute Gasteiger partial charge is 0.366 e. The van der Waals surface area contributed by atoms with Crippen molar-refractivity contribution in [2.24, 2.45) is 0 Å². The van der Waals surface area contributed by atoms with Crippen molar-refractivity contribution in [1.82, 2.24) is 14.5 Å². The molecule has 0 saturated carbocycles. The molecule has 3 aromatic heterocycles. The number of piperazine rings is 1. The molecule has 164 valence electrons. The summed E-state index contributed by atoms with van der Waals surface area (Å²) in [6.45, 7) is 4.03. The highest BCUT2D eigenvalue weighted by molar-refractivity contribution is 7.19. The van der Waals surface area contributed by atoms with E-state index < -0.39 is 0 Å². The third kappa shape index (κ3) is 3.82. The molecule has 4 heterocycles. The van der Waals surface area contributed by atoms with Crippen LogP contribution in [0.5, 0.6) is 0 Å². The fourth-order valence-corrected chi connectivity index (χ4v) is 5.85. The fraction of sp³-hybridized carbons (Fsp3) is 0.261. The number of fused-ring (bicyclic) bond motifs is 1. The summed E-state index contributed by atoms with van der Waals surface area (Å²) in [6.07, 6.45) is 1.46. The number of amides is 1. The lowest BCUT2D eigenvalue weighted by Gasteiger charge is -2.36. The van der Waals surface area contributed by atoms with Crippen molar-refractivity contribution < 1.29 is 9.18 Å². The maximum absolute atomic E-state index is 14.1. The zero-order chi connectivity index (χ0) is 22.2. The van der Waals surface area contributed by atoms with E-state index in [1.807, 2.05) is 35.4 Å². The van der Waals surface area contributed by atoms with E-state index in [-0.39, 0.29) is 23.8 Å². The normalized spacial score (nSPS) is 14.3. The zero-order valence-corrected chi connectivity index (χ0v) is 19.1. The number of benzene rings is 1. The third-order valence-electron chi connectivity index (χ3n) is 5.70. The van der Waals surface area contributed by atoms with Gasteiger partial charge in [0.25, 0.3) is 5.56 Å². The lowest BCUT2D eigenvalue weighted by Crippen LogP contribution is -2.50. The van der Waals surface area contributed by atoms with E-state index >= 15 is 0 Å². The van der Waals surface area contributed by atoms with Crippen molar-refractivity contribution in [2.45, 2.75) is 13.5 Å². The number of hydrogen-bond acceptors (Lipinski definition) is 6. The number of carbonyl (C=O) groups excluding carboxylic acids is 1. The maximum Gasteiger partial charge on any atom is 0.263 e. The number of anilines is 1. The summed E-state index contributed by atoms with van der Waals surface area (Å²) in [5, 5.41) is 2.52. The van der Waals surface area contributed by atoms with Crippen molar-refractivity contribution in [2.75, 3.05) is 31.1 Å². The number of rotatable bonds is 4. The number of aryl methyl sites for hydroxylation is 1. The topological polar surface area (TPSA) is 58.4 Å². The lowest BCUT2D eigenvalue weighted by molar-refractivity contribution is -0.132. The van der Waals surface area contributed by atoms with E-state index in [0.29, 0.717) is 42.1 Å². The Kier molecular flexibility index (Phi) is 5.52. The smallest absolute Gasteiger partial charge is 0.263 e. The Morgan fingerprint density at radius 1 is 1.12 bits per heavy atom. The predicted molar refractivity (Wildman–Crippen MR) is 127 cm³/mol. The minimum Gasteiger partial charge on any atom is -0.366 e. The number of hydrogen-bond donors (Lipinski definition) is 0. The van der Waals surface area contributed by atoms with Crippen LogP contribution in [0.15, 0.2) is 52.9 Å². The van der Waals surface area contributed by atoms with Gasteiger partial charge < -0.3 is 9.80 Å². The summed E-state index contributed by atoms with van der Waals surface area (Å²) in [4.78, 5) is 37.1. The Balaban J connectivity index is 1.33.